The summed E-state index contributed by atoms with van der Waals surface area (Å²) in [7, 11) is 0. The van der Waals surface area contributed by atoms with Gasteiger partial charge in [0, 0.05) is 24.8 Å². The van der Waals surface area contributed by atoms with Gasteiger partial charge in [-0.3, -0.25) is 4.79 Å². The van der Waals surface area contributed by atoms with Crippen LogP contribution in [0.4, 0.5) is 5.69 Å². The molecule has 2 aromatic carbocycles. The first kappa shape index (κ1) is 15.4. The third-order valence-electron chi connectivity index (χ3n) is 4.08. The van der Waals surface area contributed by atoms with Crippen molar-refractivity contribution in [3.05, 3.63) is 60.2 Å². The number of rotatable bonds is 5. The molecule has 1 aliphatic rings. The van der Waals surface area contributed by atoms with Crippen LogP contribution in [0.2, 0.25) is 0 Å². The van der Waals surface area contributed by atoms with E-state index in [0.29, 0.717) is 17.9 Å². The van der Waals surface area contributed by atoms with Gasteiger partial charge in [-0.1, -0.05) is 30.3 Å². The monoisotopic (exact) mass is 310 g/mol. The minimum absolute atomic E-state index is 0.0611. The fraction of sp³-hybridized carbons (Fsp3) is 0.316. The van der Waals surface area contributed by atoms with Crippen LogP contribution in [0.15, 0.2) is 54.6 Å². The van der Waals surface area contributed by atoms with Crippen molar-refractivity contribution in [1.29, 1.82) is 0 Å². The van der Waals surface area contributed by atoms with Crippen molar-refractivity contribution in [3.63, 3.8) is 0 Å². The van der Waals surface area contributed by atoms with E-state index in [2.05, 4.69) is 22.3 Å². The maximum Gasteiger partial charge on any atom is 0.255 e. The van der Waals surface area contributed by atoms with E-state index < -0.39 is 0 Å². The summed E-state index contributed by atoms with van der Waals surface area (Å²) in [6.45, 7) is 4.27. The summed E-state index contributed by atoms with van der Waals surface area (Å²) < 4.78 is 5.54. The number of ether oxygens (including phenoxy) is 1. The Morgan fingerprint density at radius 3 is 2.70 bits per heavy atom. The lowest BCUT2D eigenvalue weighted by atomic mass is 10.1. The third-order valence-corrected chi connectivity index (χ3v) is 4.08. The molecule has 1 unspecified atom stereocenters. The molecule has 0 spiro atoms. The Labute approximate surface area is 137 Å². The highest BCUT2D eigenvalue weighted by Gasteiger charge is 2.25. The molecule has 0 radical (unpaired) electrons. The summed E-state index contributed by atoms with van der Waals surface area (Å²) >= 11 is 0. The standard InChI is InChI=1S/C19H22N2O2/c1-2-23-18-11-7-6-10-17(18)19(22)20-15-12-13-21(14-15)16-8-4-3-5-9-16/h3-11,15H,2,12-14H2,1H3,(H,20,22). The molecule has 1 heterocycles. The lowest BCUT2D eigenvalue weighted by molar-refractivity contribution is 0.0936. The van der Waals surface area contributed by atoms with Crippen LogP contribution in [-0.4, -0.2) is 31.6 Å². The molecule has 0 bridgehead atoms. The van der Waals surface area contributed by atoms with Gasteiger partial charge in [0.25, 0.3) is 5.91 Å². The SMILES string of the molecule is CCOc1ccccc1C(=O)NC1CCN(c2ccccc2)C1. The number of hydrogen-bond acceptors (Lipinski definition) is 3. The van der Waals surface area contributed by atoms with Crippen LogP contribution in [0, 0.1) is 0 Å². The van der Waals surface area contributed by atoms with Crippen LogP contribution in [0.1, 0.15) is 23.7 Å². The van der Waals surface area contributed by atoms with Gasteiger partial charge in [-0.2, -0.15) is 0 Å². The quantitative estimate of drug-likeness (QED) is 0.922. The predicted octanol–water partition coefficient (Wildman–Crippen LogP) is 3.09. The number of para-hydroxylation sites is 2. The Kier molecular flexibility index (Phi) is 4.81. The second kappa shape index (κ2) is 7.18. The topological polar surface area (TPSA) is 41.6 Å². The van der Waals surface area contributed by atoms with Crippen LogP contribution in [0.3, 0.4) is 0 Å². The first-order valence-electron chi connectivity index (χ1n) is 8.10. The summed E-state index contributed by atoms with van der Waals surface area (Å²) in [6.07, 6.45) is 0.956. The summed E-state index contributed by atoms with van der Waals surface area (Å²) in [5.74, 6) is 0.583. The van der Waals surface area contributed by atoms with Crippen molar-refractivity contribution in [2.45, 2.75) is 19.4 Å². The minimum Gasteiger partial charge on any atom is -0.493 e. The first-order chi connectivity index (χ1) is 11.3. The van der Waals surface area contributed by atoms with Crippen molar-refractivity contribution >= 4 is 11.6 Å². The average Bonchev–Trinajstić information content (AvgIpc) is 3.05. The number of nitrogens with one attached hydrogen (secondary N) is 1. The summed E-state index contributed by atoms with van der Waals surface area (Å²) in [4.78, 5) is 14.8. The second-order valence-corrected chi connectivity index (χ2v) is 5.67. The molecule has 0 aliphatic carbocycles. The van der Waals surface area contributed by atoms with E-state index in [4.69, 9.17) is 4.74 Å². The maximum atomic E-state index is 12.5. The van der Waals surface area contributed by atoms with Crippen molar-refractivity contribution in [1.82, 2.24) is 5.32 Å². The third kappa shape index (κ3) is 3.65. The highest BCUT2D eigenvalue weighted by atomic mass is 16.5. The van der Waals surface area contributed by atoms with Gasteiger partial charge >= 0.3 is 0 Å². The Hall–Kier alpha value is -2.49. The lowest BCUT2D eigenvalue weighted by Crippen LogP contribution is -2.37. The zero-order chi connectivity index (χ0) is 16.1. The summed E-state index contributed by atoms with van der Waals surface area (Å²) in [5.41, 5.74) is 1.81. The molecule has 0 saturated carbocycles. The van der Waals surface area contributed by atoms with Crippen molar-refractivity contribution in [3.8, 4) is 5.75 Å². The van der Waals surface area contributed by atoms with Gasteiger partial charge < -0.3 is 15.0 Å². The number of carbonyl (C=O) groups excluding carboxylic acids is 1. The van der Waals surface area contributed by atoms with E-state index in [-0.39, 0.29) is 11.9 Å². The fourth-order valence-corrected chi connectivity index (χ4v) is 2.95. The van der Waals surface area contributed by atoms with Gasteiger partial charge in [0.2, 0.25) is 0 Å². The van der Waals surface area contributed by atoms with Crippen LogP contribution >= 0.6 is 0 Å². The average molecular weight is 310 g/mol. The molecule has 1 saturated heterocycles. The molecule has 1 amide bonds. The molecule has 23 heavy (non-hydrogen) atoms. The molecule has 4 nitrogen and oxygen atoms in total. The minimum atomic E-state index is -0.0611. The second-order valence-electron chi connectivity index (χ2n) is 5.67. The Balaban J connectivity index is 1.63. The van der Waals surface area contributed by atoms with Crippen LogP contribution < -0.4 is 15.0 Å². The van der Waals surface area contributed by atoms with Crippen LogP contribution in [-0.2, 0) is 0 Å². The molecule has 1 N–H and O–H groups in total. The maximum absolute atomic E-state index is 12.5. The largest absolute Gasteiger partial charge is 0.493 e. The Morgan fingerprint density at radius 1 is 1.17 bits per heavy atom. The lowest BCUT2D eigenvalue weighted by Gasteiger charge is -2.19. The zero-order valence-corrected chi connectivity index (χ0v) is 13.4. The smallest absolute Gasteiger partial charge is 0.255 e. The van der Waals surface area contributed by atoms with E-state index in [0.717, 1.165) is 19.5 Å². The van der Waals surface area contributed by atoms with Gasteiger partial charge in [-0.05, 0) is 37.6 Å². The first-order valence-corrected chi connectivity index (χ1v) is 8.10. The Morgan fingerprint density at radius 2 is 1.91 bits per heavy atom. The summed E-state index contributed by atoms with van der Waals surface area (Å²) in [5, 5.41) is 3.13. The van der Waals surface area contributed by atoms with Gasteiger partial charge in [0.05, 0.1) is 12.2 Å². The molecular formula is C19H22N2O2. The number of nitrogens with zero attached hydrogens (tertiary/aromatic N) is 1. The van der Waals surface area contributed by atoms with E-state index >= 15 is 0 Å². The normalized spacial score (nSPS) is 17.1. The number of anilines is 1. The van der Waals surface area contributed by atoms with Gasteiger partial charge in [-0.15, -0.1) is 0 Å². The van der Waals surface area contributed by atoms with Gasteiger partial charge in [0.1, 0.15) is 5.75 Å². The van der Waals surface area contributed by atoms with Crippen molar-refractivity contribution < 1.29 is 9.53 Å². The van der Waals surface area contributed by atoms with Crippen molar-refractivity contribution in [2.75, 3.05) is 24.6 Å². The number of benzene rings is 2. The molecule has 4 heteroatoms. The zero-order valence-electron chi connectivity index (χ0n) is 13.4. The van der Waals surface area contributed by atoms with E-state index in [9.17, 15) is 4.79 Å². The molecule has 120 valence electrons. The van der Waals surface area contributed by atoms with E-state index in [1.165, 1.54) is 5.69 Å². The molecule has 1 fully saturated rings. The van der Waals surface area contributed by atoms with E-state index in [1.807, 2.05) is 49.4 Å². The molecule has 1 atom stereocenters. The van der Waals surface area contributed by atoms with Gasteiger partial charge in [-0.25, -0.2) is 0 Å². The molecular weight excluding hydrogens is 288 g/mol. The molecule has 1 aliphatic heterocycles. The van der Waals surface area contributed by atoms with Crippen molar-refractivity contribution in [2.24, 2.45) is 0 Å². The van der Waals surface area contributed by atoms with E-state index in [1.54, 1.807) is 0 Å². The van der Waals surface area contributed by atoms with Crippen LogP contribution in [0.25, 0.3) is 0 Å². The van der Waals surface area contributed by atoms with Crippen LogP contribution in [0.5, 0.6) is 5.75 Å². The highest BCUT2D eigenvalue weighted by molar-refractivity contribution is 5.97. The molecule has 2 aromatic rings. The highest BCUT2D eigenvalue weighted by Crippen LogP contribution is 2.21. The number of carbonyl (C=O) groups is 1. The summed E-state index contributed by atoms with van der Waals surface area (Å²) in [6, 6.07) is 17.9. The predicted molar refractivity (Wildman–Crippen MR) is 92.1 cm³/mol. The number of hydrogen-bond donors (Lipinski definition) is 1. The van der Waals surface area contributed by atoms with Gasteiger partial charge in [0.15, 0.2) is 0 Å². The number of amides is 1. The fourth-order valence-electron chi connectivity index (χ4n) is 2.95. The molecule has 0 aromatic heterocycles. The molecule has 3 rings (SSSR count). The Bertz CT molecular complexity index is 657.